The van der Waals surface area contributed by atoms with E-state index < -0.39 is 40.8 Å². The summed E-state index contributed by atoms with van der Waals surface area (Å²) in [5.41, 5.74) is 1.29. The number of esters is 2. The molecular weight excluding hydrogens is 585 g/mol. The van der Waals surface area contributed by atoms with Crippen molar-refractivity contribution in [1.29, 1.82) is 5.26 Å². The van der Waals surface area contributed by atoms with Crippen molar-refractivity contribution in [3.05, 3.63) is 53.1 Å². The number of nitrogens with zero attached hydrogens (tertiary/aromatic N) is 3. The van der Waals surface area contributed by atoms with E-state index in [1.807, 2.05) is 23.9 Å². The number of ether oxygens (including phenoxy) is 2. The Kier molecular flexibility index (Phi) is 7.73. The summed E-state index contributed by atoms with van der Waals surface area (Å²) in [5, 5.41) is 25.4. The first kappa shape index (κ1) is 30.5. The molecule has 3 fully saturated rings. The van der Waals surface area contributed by atoms with Crippen LogP contribution in [0.15, 0.2) is 36.0 Å². The van der Waals surface area contributed by atoms with Crippen molar-refractivity contribution in [3.8, 4) is 11.8 Å². The molecule has 4 aliphatic rings. The first-order valence-corrected chi connectivity index (χ1v) is 16.0. The number of hydrogen-bond acceptors (Lipinski definition) is 9. The van der Waals surface area contributed by atoms with E-state index >= 15 is 0 Å². The minimum absolute atomic E-state index is 0.00854. The van der Waals surface area contributed by atoms with Crippen molar-refractivity contribution in [1.82, 2.24) is 9.78 Å². The van der Waals surface area contributed by atoms with Crippen molar-refractivity contribution in [2.45, 2.75) is 71.0 Å². The Hall–Kier alpha value is -3.49. The minimum atomic E-state index is -1.55. The summed E-state index contributed by atoms with van der Waals surface area (Å²) < 4.78 is 26.3. The third kappa shape index (κ3) is 4.69. The van der Waals surface area contributed by atoms with Crippen molar-refractivity contribution in [2.75, 3.05) is 12.4 Å². The first-order valence-electron chi connectivity index (χ1n) is 15.0. The number of rotatable bonds is 6. The maximum atomic E-state index is 13.8. The average Bonchev–Trinajstić information content (AvgIpc) is 3.51. The second kappa shape index (κ2) is 11.1. The number of fused-ring (bicyclic) bond motifs is 6. The fourth-order valence-electron chi connectivity index (χ4n) is 9.10. The maximum Gasteiger partial charge on any atom is 0.345 e. The molecule has 0 bridgehead atoms. The zero-order valence-corrected chi connectivity index (χ0v) is 25.9. The topological polar surface area (TPSA) is 132 Å². The number of aliphatic hydroxyl groups excluding tert-OH is 1. The number of halogens is 1. The Morgan fingerprint density at radius 2 is 1.98 bits per heavy atom. The Morgan fingerprint density at radius 3 is 2.68 bits per heavy atom. The predicted octanol–water partition coefficient (Wildman–Crippen LogP) is 4.79. The molecule has 1 aromatic heterocycles. The second-order valence-electron chi connectivity index (χ2n) is 13.1. The summed E-state index contributed by atoms with van der Waals surface area (Å²) in [7, 11) is 0. The normalized spacial score (nSPS) is 33.5. The molecular formula is C33H36FN3O6S. The molecule has 3 saturated carbocycles. The molecule has 1 N–H and O–H groups in total. The molecule has 0 amide bonds. The monoisotopic (exact) mass is 621 g/mol. The Morgan fingerprint density at radius 1 is 1.23 bits per heavy atom. The van der Waals surface area contributed by atoms with Gasteiger partial charge in [-0.15, -0.1) is 0 Å². The van der Waals surface area contributed by atoms with Gasteiger partial charge < -0.3 is 14.6 Å². The second-order valence-corrected chi connectivity index (χ2v) is 14.0. The summed E-state index contributed by atoms with van der Waals surface area (Å²) in [6, 6.07) is 8.24. The van der Waals surface area contributed by atoms with E-state index in [9.17, 15) is 29.1 Å². The minimum Gasteiger partial charge on any atom is -0.454 e. The zero-order chi connectivity index (χ0) is 31.4. The molecule has 0 radical (unpaired) electrons. The van der Waals surface area contributed by atoms with Crippen LogP contribution in [0.4, 0.5) is 4.39 Å². The number of carbonyl (C=O) groups excluding carboxylic acids is 3. The smallest absolute Gasteiger partial charge is 0.345 e. The van der Waals surface area contributed by atoms with Gasteiger partial charge in [0.2, 0.25) is 5.12 Å². The third-order valence-corrected chi connectivity index (χ3v) is 11.8. The van der Waals surface area contributed by atoms with E-state index in [0.717, 1.165) is 41.5 Å². The van der Waals surface area contributed by atoms with E-state index in [2.05, 4.69) is 18.1 Å². The van der Waals surface area contributed by atoms with Gasteiger partial charge in [-0.05, 0) is 97.6 Å². The lowest BCUT2D eigenvalue weighted by Gasteiger charge is -2.60. The number of carbonyl (C=O) groups is 3. The molecule has 11 heteroatoms. The highest BCUT2D eigenvalue weighted by atomic mass is 32.2. The Balaban J connectivity index is 1.32. The molecule has 4 aliphatic carbocycles. The summed E-state index contributed by atoms with van der Waals surface area (Å²) in [5.74, 6) is -1.87. The van der Waals surface area contributed by atoms with Gasteiger partial charge in [0.15, 0.2) is 12.2 Å². The van der Waals surface area contributed by atoms with E-state index in [0.29, 0.717) is 12.8 Å². The van der Waals surface area contributed by atoms with E-state index in [4.69, 9.17) is 9.47 Å². The number of aromatic nitrogens is 2. The zero-order valence-electron chi connectivity index (χ0n) is 25.0. The first-order chi connectivity index (χ1) is 20.9. The molecule has 0 saturated heterocycles. The standard InChI is InChI=1S/C33H36FN3O6S/c1-19(38)42-18-28(40)43-33(30(41)44-13-12-35)11-10-25-24-9-4-21-14-26-20(17-36-37(26)23-7-5-22(34)6-8-23)15-31(21,2)29(24)27(39)16-32(25,33)3/h5-8,14,17,24-25,27,29,39H,4,9-11,13,15-16,18H2,1-3H3/t24-,25-,27-,29+,31-,32-,33-/m0/s1. The van der Waals surface area contributed by atoms with Crippen molar-refractivity contribution in [3.63, 3.8) is 0 Å². The van der Waals surface area contributed by atoms with Crippen LogP contribution in [0, 0.1) is 45.7 Å². The summed E-state index contributed by atoms with van der Waals surface area (Å²) in [6.45, 7) is 4.74. The lowest BCUT2D eigenvalue weighted by Crippen LogP contribution is -2.62. The van der Waals surface area contributed by atoms with Crippen molar-refractivity contribution in [2.24, 2.45) is 28.6 Å². The maximum absolute atomic E-state index is 13.8. The molecule has 0 aliphatic heterocycles. The van der Waals surface area contributed by atoms with Crippen LogP contribution in [0.3, 0.4) is 0 Å². The quantitative estimate of drug-likeness (QED) is 0.452. The van der Waals surface area contributed by atoms with E-state index in [-0.39, 0.29) is 47.6 Å². The molecule has 1 heterocycles. The van der Waals surface area contributed by atoms with Crippen molar-refractivity contribution >= 4 is 34.9 Å². The fraction of sp³-hybridized carbons (Fsp3) is 0.545. The largest absolute Gasteiger partial charge is 0.454 e. The van der Waals surface area contributed by atoms with Crippen LogP contribution in [-0.4, -0.2) is 56.0 Å². The molecule has 2 aromatic rings. The van der Waals surface area contributed by atoms with Crippen LogP contribution in [0.5, 0.6) is 0 Å². The van der Waals surface area contributed by atoms with Gasteiger partial charge in [0, 0.05) is 12.3 Å². The lowest BCUT2D eigenvalue weighted by molar-refractivity contribution is -0.199. The highest BCUT2D eigenvalue weighted by molar-refractivity contribution is 8.14. The predicted molar refractivity (Wildman–Crippen MR) is 160 cm³/mol. The third-order valence-electron chi connectivity index (χ3n) is 10.9. The lowest BCUT2D eigenvalue weighted by atomic mass is 9.45. The highest BCUT2D eigenvalue weighted by Crippen LogP contribution is 2.68. The van der Waals surface area contributed by atoms with Crippen LogP contribution in [0.25, 0.3) is 11.8 Å². The average molecular weight is 622 g/mol. The molecule has 0 spiro atoms. The van der Waals surface area contributed by atoms with Gasteiger partial charge in [-0.1, -0.05) is 31.2 Å². The van der Waals surface area contributed by atoms with E-state index in [1.54, 1.807) is 12.1 Å². The summed E-state index contributed by atoms with van der Waals surface area (Å²) in [4.78, 5) is 38.1. The van der Waals surface area contributed by atoms with Gasteiger partial charge in [0.25, 0.3) is 0 Å². The van der Waals surface area contributed by atoms with Gasteiger partial charge in [0.05, 0.1) is 35.5 Å². The molecule has 0 unspecified atom stereocenters. The number of hydrogen-bond donors (Lipinski definition) is 1. The van der Waals surface area contributed by atoms with E-state index in [1.165, 1.54) is 24.6 Å². The molecule has 232 valence electrons. The van der Waals surface area contributed by atoms with Crippen LogP contribution >= 0.6 is 11.8 Å². The molecule has 44 heavy (non-hydrogen) atoms. The van der Waals surface area contributed by atoms with Gasteiger partial charge in [0.1, 0.15) is 5.82 Å². The highest BCUT2D eigenvalue weighted by Gasteiger charge is 2.70. The number of thioether (sulfide) groups is 1. The summed E-state index contributed by atoms with van der Waals surface area (Å²) >= 11 is 0.829. The number of allylic oxidation sites excluding steroid dienone is 1. The van der Waals surface area contributed by atoms with Gasteiger partial charge in [-0.25, -0.2) is 13.9 Å². The van der Waals surface area contributed by atoms with Crippen LogP contribution < -0.4 is 0 Å². The van der Waals surface area contributed by atoms with Crippen LogP contribution in [-0.2, 0) is 30.3 Å². The number of benzene rings is 1. The molecule has 1 aromatic carbocycles. The Bertz CT molecular complexity index is 1580. The van der Waals surface area contributed by atoms with Crippen LogP contribution in [0.1, 0.15) is 64.1 Å². The van der Waals surface area contributed by atoms with Gasteiger partial charge in [-0.2, -0.15) is 10.4 Å². The van der Waals surface area contributed by atoms with Crippen molar-refractivity contribution < 1.29 is 33.4 Å². The molecule has 7 atom stereocenters. The van der Waals surface area contributed by atoms with Gasteiger partial charge in [-0.3, -0.25) is 9.59 Å². The fourth-order valence-corrected chi connectivity index (χ4v) is 9.91. The molecule has 6 rings (SSSR count). The summed E-state index contributed by atoms with van der Waals surface area (Å²) in [6.07, 6.45) is 6.73. The molecule has 9 nitrogen and oxygen atoms in total. The number of nitriles is 1. The van der Waals surface area contributed by atoms with Gasteiger partial charge >= 0.3 is 11.9 Å². The SMILES string of the molecule is CC(=O)OCC(=O)O[C@]1(C(=O)SCC#N)CC[C@H]2[C@@H]3CCC4=Cc5c(cnn5-c5ccc(F)cc5)C[C@]4(C)[C@H]3[C@@H](O)C[C@@]21C. The van der Waals surface area contributed by atoms with Crippen LogP contribution in [0.2, 0.25) is 0 Å². The Labute approximate surface area is 259 Å². The number of aliphatic hydroxyl groups is 1.